The highest BCUT2D eigenvalue weighted by Gasteiger charge is 2.17. The van der Waals surface area contributed by atoms with E-state index in [9.17, 15) is 0 Å². The molecule has 1 aliphatic carbocycles. The number of pyridine rings is 1. The minimum Gasteiger partial charge on any atom is -0.312 e. The Bertz CT molecular complexity index is 361. The summed E-state index contributed by atoms with van der Waals surface area (Å²) in [5, 5.41) is 4.32. The topological polar surface area (TPSA) is 24.9 Å². The summed E-state index contributed by atoms with van der Waals surface area (Å²) in [5.41, 5.74) is 2.69. The molecule has 18 heavy (non-hydrogen) atoms. The second-order valence-corrected chi connectivity index (χ2v) is 6.50. The van der Waals surface area contributed by atoms with Crippen molar-refractivity contribution in [2.75, 3.05) is 12.8 Å². The molecule has 2 nitrogen and oxygen atoms in total. The summed E-state index contributed by atoms with van der Waals surface area (Å²) >= 11 is 2.14. The molecular weight excluding hydrogens is 240 g/mol. The summed E-state index contributed by atoms with van der Waals surface area (Å²) < 4.78 is 0. The van der Waals surface area contributed by atoms with E-state index in [-0.39, 0.29) is 0 Å². The van der Waals surface area contributed by atoms with Gasteiger partial charge in [-0.15, -0.1) is 0 Å². The van der Waals surface area contributed by atoms with Gasteiger partial charge in [-0.25, -0.2) is 0 Å². The molecule has 0 bridgehead atoms. The molecule has 1 aromatic heterocycles. The number of aryl methyl sites for hydroxylation is 1. The van der Waals surface area contributed by atoms with Crippen LogP contribution in [-0.4, -0.2) is 23.0 Å². The highest BCUT2D eigenvalue weighted by molar-refractivity contribution is 7.99. The molecule has 0 radical (unpaired) electrons. The maximum absolute atomic E-state index is 4.26. The Labute approximate surface area is 115 Å². The Hall–Kier alpha value is -0.540. The first-order valence-corrected chi connectivity index (χ1v) is 8.05. The zero-order valence-corrected chi connectivity index (χ0v) is 12.3. The van der Waals surface area contributed by atoms with E-state index in [0.29, 0.717) is 6.04 Å². The lowest BCUT2D eigenvalue weighted by atomic mass is 10.0. The average molecular weight is 264 g/mol. The largest absolute Gasteiger partial charge is 0.312 e. The van der Waals surface area contributed by atoms with E-state index in [1.54, 1.807) is 0 Å². The molecule has 2 rings (SSSR count). The van der Waals surface area contributed by atoms with Crippen molar-refractivity contribution < 1.29 is 0 Å². The molecule has 0 amide bonds. The third-order valence-electron chi connectivity index (χ3n) is 3.85. The van der Waals surface area contributed by atoms with Gasteiger partial charge in [-0.05, 0) is 44.0 Å². The smallest absolute Gasteiger partial charge is 0.0427 e. The van der Waals surface area contributed by atoms with E-state index < -0.39 is 0 Å². The number of hydrogen-bond donors (Lipinski definition) is 1. The maximum Gasteiger partial charge on any atom is 0.0427 e. The van der Waals surface area contributed by atoms with E-state index in [0.717, 1.165) is 11.0 Å². The summed E-state index contributed by atoms with van der Waals surface area (Å²) in [4.78, 5) is 4.26. The second kappa shape index (κ2) is 7.15. The minimum absolute atomic E-state index is 0.436. The Kier molecular flexibility index (Phi) is 5.51. The molecule has 0 aliphatic heterocycles. The lowest BCUT2D eigenvalue weighted by Gasteiger charge is -2.24. The Balaban J connectivity index is 1.91. The molecule has 1 saturated carbocycles. The highest BCUT2D eigenvalue weighted by atomic mass is 32.2. The fraction of sp³-hybridized carbons (Fsp3) is 0.667. The average Bonchev–Trinajstić information content (AvgIpc) is 2.42. The van der Waals surface area contributed by atoms with Crippen LogP contribution in [0.15, 0.2) is 18.5 Å². The lowest BCUT2D eigenvalue weighted by Crippen LogP contribution is -2.22. The van der Waals surface area contributed by atoms with Crippen molar-refractivity contribution in [2.45, 2.75) is 50.3 Å². The van der Waals surface area contributed by atoms with Crippen molar-refractivity contribution in [1.82, 2.24) is 10.3 Å². The van der Waals surface area contributed by atoms with Crippen molar-refractivity contribution in [3.8, 4) is 0 Å². The van der Waals surface area contributed by atoms with Gasteiger partial charge in [-0.1, -0.05) is 19.3 Å². The quantitative estimate of drug-likeness (QED) is 0.877. The first-order valence-electron chi connectivity index (χ1n) is 7.00. The lowest BCUT2D eigenvalue weighted by molar-refractivity contribution is 0.514. The van der Waals surface area contributed by atoms with Gasteiger partial charge in [0.2, 0.25) is 0 Å². The summed E-state index contributed by atoms with van der Waals surface area (Å²) in [7, 11) is 2.05. The molecule has 1 aromatic rings. The highest BCUT2D eigenvalue weighted by Crippen LogP contribution is 2.31. The van der Waals surface area contributed by atoms with Gasteiger partial charge in [-0.3, -0.25) is 4.98 Å². The van der Waals surface area contributed by atoms with Crippen molar-refractivity contribution in [2.24, 2.45) is 0 Å². The normalized spacial score (nSPS) is 18.8. The van der Waals surface area contributed by atoms with Gasteiger partial charge >= 0.3 is 0 Å². The van der Waals surface area contributed by atoms with Crippen LogP contribution >= 0.6 is 11.8 Å². The third-order valence-corrected chi connectivity index (χ3v) is 5.32. The Morgan fingerprint density at radius 1 is 1.39 bits per heavy atom. The van der Waals surface area contributed by atoms with Crippen LogP contribution in [0.2, 0.25) is 0 Å². The van der Waals surface area contributed by atoms with E-state index in [2.05, 4.69) is 42.1 Å². The van der Waals surface area contributed by atoms with Crippen LogP contribution in [0.4, 0.5) is 0 Å². The number of nitrogens with zero attached hydrogens (tertiary/aromatic N) is 1. The predicted molar refractivity (Wildman–Crippen MR) is 80.1 cm³/mol. The predicted octanol–water partition coefficient (Wildman–Crippen LogP) is 3.72. The SMILES string of the molecule is CNC(CSC1CCCCC1)c1cnccc1C. The molecule has 1 heterocycles. The first kappa shape index (κ1) is 13.9. The number of thioether (sulfide) groups is 1. The van der Waals surface area contributed by atoms with Gasteiger partial charge < -0.3 is 5.32 Å². The van der Waals surface area contributed by atoms with Crippen LogP contribution in [0, 0.1) is 6.92 Å². The van der Waals surface area contributed by atoms with Gasteiger partial charge in [0.1, 0.15) is 0 Å². The molecular formula is C15H24N2S. The number of hydrogen-bond acceptors (Lipinski definition) is 3. The molecule has 1 atom stereocenters. The Morgan fingerprint density at radius 3 is 2.83 bits per heavy atom. The summed E-state index contributed by atoms with van der Waals surface area (Å²) in [6.45, 7) is 2.17. The van der Waals surface area contributed by atoms with Crippen molar-refractivity contribution >= 4 is 11.8 Å². The van der Waals surface area contributed by atoms with Crippen LogP contribution in [0.1, 0.15) is 49.3 Å². The maximum atomic E-state index is 4.26. The van der Waals surface area contributed by atoms with Crippen LogP contribution < -0.4 is 5.32 Å². The van der Waals surface area contributed by atoms with Crippen LogP contribution in [0.3, 0.4) is 0 Å². The fourth-order valence-corrected chi connectivity index (χ4v) is 4.11. The number of aromatic nitrogens is 1. The van der Waals surface area contributed by atoms with Crippen molar-refractivity contribution in [3.05, 3.63) is 29.6 Å². The van der Waals surface area contributed by atoms with Crippen LogP contribution in [0.5, 0.6) is 0 Å². The standard InChI is InChI=1S/C15H24N2S/c1-12-8-9-17-10-14(12)15(16-2)11-18-13-6-4-3-5-7-13/h8-10,13,15-16H,3-7,11H2,1-2H3. The third kappa shape index (κ3) is 3.72. The van der Waals surface area contributed by atoms with Crippen molar-refractivity contribution in [1.29, 1.82) is 0 Å². The van der Waals surface area contributed by atoms with Gasteiger partial charge in [0, 0.05) is 29.4 Å². The second-order valence-electron chi connectivity index (χ2n) is 5.17. The number of rotatable bonds is 5. The van der Waals surface area contributed by atoms with E-state index in [1.165, 1.54) is 43.2 Å². The molecule has 100 valence electrons. The Morgan fingerprint density at radius 2 is 2.17 bits per heavy atom. The molecule has 0 spiro atoms. The van der Waals surface area contributed by atoms with Gasteiger partial charge in [0.05, 0.1) is 0 Å². The number of nitrogens with one attached hydrogen (secondary N) is 1. The molecule has 1 N–H and O–H groups in total. The van der Waals surface area contributed by atoms with Gasteiger partial charge in [-0.2, -0.15) is 11.8 Å². The van der Waals surface area contributed by atoms with Crippen LogP contribution in [-0.2, 0) is 0 Å². The van der Waals surface area contributed by atoms with E-state index >= 15 is 0 Å². The molecule has 1 fully saturated rings. The first-order chi connectivity index (χ1) is 8.81. The fourth-order valence-electron chi connectivity index (χ4n) is 2.63. The van der Waals surface area contributed by atoms with Gasteiger partial charge in [0.25, 0.3) is 0 Å². The molecule has 0 aromatic carbocycles. The van der Waals surface area contributed by atoms with Crippen molar-refractivity contribution in [3.63, 3.8) is 0 Å². The van der Waals surface area contributed by atoms with E-state index in [4.69, 9.17) is 0 Å². The monoisotopic (exact) mass is 264 g/mol. The zero-order valence-electron chi connectivity index (χ0n) is 11.5. The summed E-state index contributed by atoms with van der Waals surface area (Å²) in [5.74, 6) is 1.16. The van der Waals surface area contributed by atoms with Crippen LogP contribution in [0.25, 0.3) is 0 Å². The van der Waals surface area contributed by atoms with E-state index in [1.807, 2.05) is 12.4 Å². The van der Waals surface area contributed by atoms with Gasteiger partial charge in [0.15, 0.2) is 0 Å². The zero-order chi connectivity index (χ0) is 12.8. The summed E-state index contributed by atoms with van der Waals surface area (Å²) in [6.07, 6.45) is 11.0. The molecule has 1 aliphatic rings. The molecule has 1 unspecified atom stereocenters. The summed E-state index contributed by atoms with van der Waals surface area (Å²) in [6, 6.07) is 2.54. The molecule has 3 heteroatoms. The minimum atomic E-state index is 0.436. The molecule has 0 saturated heterocycles.